The number of aryl methyl sites for hydroxylation is 1. The van der Waals surface area contributed by atoms with E-state index in [0.29, 0.717) is 12.1 Å². The molecule has 5 heteroatoms. The van der Waals surface area contributed by atoms with Crippen LogP contribution in [0.2, 0.25) is 0 Å². The van der Waals surface area contributed by atoms with E-state index in [2.05, 4.69) is 0 Å². The second-order valence-electron chi connectivity index (χ2n) is 5.28. The van der Waals surface area contributed by atoms with Gasteiger partial charge in [0, 0.05) is 37.7 Å². The number of para-hydroxylation sites is 1. The van der Waals surface area contributed by atoms with Gasteiger partial charge in [-0.15, -0.1) is 0 Å². The Morgan fingerprint density at radius 3 is 2.67 bits per heavy atom. The maximum Gasteiger partial charge on any atom is 0.310 e. The van der Waals surface area contributed by atoms with Crippen molar-refractivity contribution in [1.29, 1.82) is 0 Å². The second-order valence-corrected chi connectivity index (χ2v) is 5.28. The average Bonchev–Trinajstić information content (AvgIpc) is 2.83. The van der Waals surface area contributed by atoms with Crippen LogP contribution in [-0.2, 0) is 16.6 Å². The Labute approximate surface area is 124 Å². The number of hydrogen-bond donors (Lipinski definition) is 0. The highest BCUT2D eigenvalue weighted by Crippen LogP contribution is 2.21. The Morgan fingerprint density at radius 2 is 2.00 bits per heavy atom. The third-order valence-corrected chi connectivity index (χ3v) is 3.63. The molecule has 2 aromatic rings. The van der Waals surface area contributed by atoms with Gasteiger partial charge in [-0.25, -0.2) is 0 Å². The number of ether oxygens (including phenoxy) is 1. The molecule has 112 valence electrons. The fraction of sp³-hybridized carbons (Fsp3) is 0.375. The molecule has 1 aromatic heterocycles. The summed E-state index contributed by atoms with van der Waals surface area (Å²) in [5.41, 5.74) is 1.66. The molecular formula is C16H20N2O3. The second kappa shape index (κ2) is 5.99. The average molecular weight is 288 g/mol. The zero-order chi connectivity index (χ0) is 15.6. The summed E-state index contributed by atoms with van der Waals surface area (Å²) < 4.78 is 6.62. The number of carbonyl (C=O) groups is 2. The predicted molar refractivity (Wildman–Crippen MR) is 81.1 cm³/mol. The maximum atomic E-state index is 12.6. The third kappa shape index (κ3) is 2.91. The molecular weight excluding hydrogens is 268 g/mol. The first-order chi connectivity index (χ1) is 9.95. The largest absolute Gasteiger partial charge is 0.469 e. The molecule has 0 radical (unpaired) electrons. The molecule has 0 N–H and O–H groups in total. The molecule has 0 saturated carbocycles. The van der Waals surface area contributed by atoms with Gasteiger partial charge >= 0.3 is 5.97 Å². The van der Waals surface area contributed by atoms with E-state index in [1.807, 2.05) is 42.1 Å². The van der Waals surface area contributed by atoms with Crippen LogP contribution < -0.4 is 0 Å². The lowest BCUT2D eigenvalue weighted by Gasteiger charge is -2.20. The van der Waals surface area contributed by atoms with Crippen LogP contribution in [0.25, 0.3) is 10.9 Å². The number of fused-ring (bicyclic) bond motifs is 1. The van der Waals surface area contributed by atoms with Crippen LogP contribution in [0, 0.1) is 5.92 Å². The minimum absolute atomic E-state index is 0.0949. The Morgan fingerprint density at radius 1 is 1.33 bits per heavy atom. The van der Waals surface area contributed by atoms with E-state index in [0.717, 1.165) is 10.9 Å². The van der Waals surface area contributed by atoms with Gasteiger partial charge in [0.05, 0.1) is 18.6 Å². The molecule has 1 atom stereocenters. The van der Waals surface area contributed by atoms with Gasteiger partial charge in [-0.3, -0.25) is 9.59 Å². The van der Waals surface area contributed by atoms with Crippen molar-refractivity contribution in [3.05, 3.63) is 36.0 Å². The summed E-state index contributed by atoms with van der Waals surface area (Å²) in [6.45, 7) is 2.08. The molecule has 1 aromatic carbocycles. The normalized spacial score (nSPS) is 12.2. The molecule has 5 nitrogen and oxygen atoms in total. The van der Waals surface area contributed by atoms with Gasteiger partial charge in [0.1, 0.15) is 0 Å². The smallest absolute Gasteiger partial charge is 0.310 e. The monoisotopic (exact) mass is 288 g/mol. The van der Waals surface area contributed by atoms with E-state index in [9.17, 15) is 9.59 Å². The summed E-state index contributed by atoms with van der Waals surface area (Å²) >= 11 is 0. The molecule has 0 aliphatic heterocycles. The minimum Gasteiger partial charge on any atom is -0.469 e. The number of amides is 1. The number of aromatic nitrogens is 1. The van der Waals surface area contributed by atoms with Crippen LogP contribution in [0.1, 0.15) is 17.3 Å². The zero-order valence-corrected chi connectivity index (χ0v) is 12.8. The highest BCUT2D eigenvalue weighted by atomic mass is 16.5. The number of esters is 1. The van der Waals surface area contributed by atoms with Crippen molar-refractivity contribution in [3.8, 4) is 0 Å². The van der Waals surface area contributed by atoms with Crippen molar-refractivity contribution >= 4 is 22.8 Å². The van der Waals surface area contributed by atoms with Gasteiger partial charge < -0.3 is 14.2 Å². The predicted octanol–water partition coefficient (Wildman–Crippen LogP) is 2.06. The number of hydrogen-bond acceptors (Lipinski definition) is 3. The first kappa shape index (κ1) is 15.1. The lowest BCUT2D eigenvalue weighted by molar-refractivity contribution is -0.145. The Kier molecular flexibility index (Phi) is 4.31. The topological polar surface area (TPSA) is 51.5 Å². The SMILES string of the molecule is COC(=O)C(C)CN(C)C(=O)c1cn(C)c2ccccc12. The van der Waals surface area contributed by atoms with Gasteiger partial charge in [-0.1, -0.05) is 25.1 Å². The summed E-state index contributed by atoms with van der Waals surface area (Å²) in [4.78, 5) is 25.6. The maximum absolute atomic E-state index is 12.6. The highest BCUT2D eigenvalue weighted by Gasteiger charge is 2.22. The number of methoxy groups -OCH3 is 1. The lowest BCUT2D eigenvalue weighted by atomic mass is 10.1. The van der Waals surface area contributed by atoms with Gasteiger partial charge in [0.15, 0.2) is 0 Å². The van der Waals surface area contributed by atoms with E-state index >= 15 is 0 Å². The van der Waals surface area contributed by atoms with Gasteiger partial charge in [0.25, 0.3) is 5.91 Å². The summed E-state index contributed by atoms with van der Waals surface area (Å²) in [5, 5.41) is 0.919. The van der Waals surface area contributed by atoms with Crippen LogP contribution in [0.4, 0.5) is 0 Å². The zero-order valence-electron chi connectivity index (χ0n) is 12.8. The highest BCUT2D eigenvalue weighted by molar-refractivity contribution is 6.06. The van der Waals surface area contributed by atoms with Gasteiger partial charge in [-0.2, -0.15) is 0 Å². The standard InChI is InChI=1S/C16H20N2O3/c1-11(16(20)21-4)9-18(3)15(19)13-10-17(2)14-8-6-5-7-12(13)14/h5-8,10-11H,9H2,1-4H3. The number of benzene rings is 1. The molecule has 0 fully saturated rings. The summed E-state index contributed by atoms with van der Waals surface area (Å²) in [6, 6.07) is 7.76. The van der Waals surface area contributed by atoms with Crippen molar-refractivity contribution < 1.29 is 14.3 Å². The van der Waals surface area contributed by atoms with E-state index in [1.54, 1.807) is 18.9 Å². The van der Waals surface area contributed by atoms with Crippen LogP contribution in [0.15, 0.2) is 30.5 Å². The van der Waals surface area contributed by atoms with E-state index < -0.39 is 0 Å². The molecule has 1 amide bonds. The summed E-state index contributed by atoms with van der Waals surface area (Å²) in [5.74, 6) is -0.756. The minimum atomic E-state index is -0.348. The number of nitrogens with zero attached hydrogens (tertiary/aromatic N) is 2. The van der Waals surface area contributed by atoms with Crippen molar-refractivity contribution in [2.45, 2.75) is 6.92 Å². The van der Waals surface area contributed by atoms with E-state index in [1.165, 1.54) is 7.11 Å². The van der Waals surface area contributed by atoms with Crippen LogP contribution in [-0.4, -0.2) is 42.0 Å². The van der Waals surface area contributed by atoms with Crippen LogP contribution >= 0.6 is 0 Å². The van der Waals surface area contributed by atoms with Crippen molar-refractivity contribution in [1.82, 2.24) is 9.47 Å². The molecule has 0 aliphatic rings. The van der Waals surface area contributed by atoms with E-state index in [-0.39, 0.29) is 17.8 Å². The molecule has 0 spiro atoms. The Balaban J connectivity index is 2.24. The fourth-order valence-electron chi connectivity index (χ4n) is 2.49. The Bertz CT molecular complexity index is 675. The molecule has 1 unspecified atom stereocenters. The molecule has 21 heavy (non-hydrogen) atoms. The van der Waals surface area contributed by atoms with Gasteiger partial charge in [-0.05, 0) is 6.07 Å². The quantitative estimate of drug-likeness (QED) is 0.809. The summed E-state index contributed by atoms with van der Waals surface area (Å²) in [6.07, 6.45) is 1.83. The van der Waals surface area contributed by atoms with Crippen LogP contribution in [0.5, 0.6) is 0 Å². The Hall–Kier alpha value is -2.30. The molecule has 0 saturated heterocycles. The van der Waals surface area contributed by atoms with Crippen molar-refractivity contribution in [2.75, 3.05) is 20.7 Å². The molecule has 1 heterocycles. The van der Waals surface area contributed by atoms with Crippen molar-refractivity contribution in [2.24, 2.45) is 13.0 Å². The fourth-order valence-corrected chi connectivity index (χ4v) is 2.49. The first-order valence-electron chi connectivity index (χ1n) is 6.83. The van der Waals surface area contributed by atoms with Gasteiger partial charge in [0.2, 0.25) is 0 Å². The van der Waals surface area contributed by atoms with Crippen molar-refractivity contribution in [3.63, 3.8) is 0 Å². The number of rotatable bonds is 4. The number of carbonyl (C=O) groups excluding carboxylic acids is 2. The first-order valence-corrected chi connectivity index (χ1v) is 6.83. The van der Waals surface area contributed by atoms with Crippen LogP contribution in [0.3, 0.4) is 0 Å². The molecule has 0 aliphatic carbocycles. The molecule has 2 rings (SSSR count). The summed E-state index contributed by atoms with van der Waals surface area (Å²) in [7, 11) is 4.96. The lowest BCUT2D eigenvalue weighted by Crippen LogP contribution is -2.34. The third-order valence-electron chi connectivity index (χ3n) is 3.63. The van der Waals surface area contributed by atoms with E-state index in [4.69, 9.17) is 4.74 Å². The molecule has 0 bridgehead atoms.